The number of ether oxygens (including phenoxy) is 4. The number of nitrogen functional groups attached to an aromatic ring is 1. The average molecular weight is 414 g/mol. The van der Waals surface area contributed by atoms with E-state index < -0.39 is 30.4 Å². The Labute approximate surface area is 173 Å². The van der Waals surface area contributed by atoms with E-state index in [2.05, 4.69) is 16.0 Å². The van der Waals surface area contributed by atoms with Crippen molar-refractivity contribution in [1.29, 1.82) is 5.26 Å². The highest BCUT2D eigenvalue weighted by Gasteiger charge is 2.56. The molecule has 0 radical (unpaired) electrons. The summed E-state index contributed by atoms with van der Waals surface area (Å²) in [7, 11) is 0. The van der Waals surface area contributed by atoms with E-state index in [-0.39, 0.29) is 5.95 Å². The van der Waals surface area contributed by atoms with Crippen molar-refractivity contribution in [3.63, 3.8) is 0 Å². The van der Waals surface area contributed by atoms with Crippen LogP contribution in [0.5, 0.6) is 0 Å². The molecule has 2 fully saturated rings. The number of benzene rings is 1. The predicted octanol–water partition coefficient (Wildman–Crippen LogP) is 2.79. The first kappa shape index (κ1) is 20.1. The molecule has 0 saturated carbocycles. The first-order valence-corrected chi connectivity index (χ1v) is 10.4. The quantitative estimate of drug-likeness (QED) is 0.583. The summed E-state index contributed by atoms with van der Waals surface area (Å²) in [6.45, 7) is 4.01. The predicted molar refractivity (Wildman–Crippen MR) is 106 cm³/mol. The second-order valence-corrected chi connectivity index (χ2v) is 8.04. The molecule has 2 aliphatic rings. The first-order chi connectivity index (χ1) is 13.9. The number of anilines is 1. The number of fused-ring (bicyclic) bond motifs is 1. The molecule has 0 amide bonds. The lowest BCUT2D eigenvalue weighted by Crippen LogP contribution is -2.34. The summed E-state index contributed by atoms with van der Waals surface area (Å²) in [5.41, 5.74) is 7.62. The van der Waals surface area contributed by atoms with Gasteiger partial charge in [0.15, 0.2) is 12.1 Å². The third-order valence-electron chi connectivity index (χ3n) is 4.77. The van der Waals surface area contributed by atoms with E-state index in [9.17, 15) is 5.26 Å². The fraction of sp³-hybridized carbons (Fsp3) is 0.450. The zero-order chi connectivity index (χ0) is 20.6. The number of aromatic nitrogens is 2. The lowest BCUT2D eigenvalue weighted by Gasteiger charge is -2.26. The van der Waals surface area contributed by atoms with Gasteiger partial charge in [0.05, 0.1) is 12.3 Å². The van der Waals surface area contributed by atoms with Gasteiger partial charge in [-0.05, 0) is 25.7 Å². The molecule has 2 aliphatic heterocycles. The van der Waals surface area contributed by atoms with E-state index in [0.29, 0.717) is 22.9 Å². The minimum Gasteiger partial charge on any atom is -0.368 e. The summed E-state index contributed by atoms with van der Waals surface area (Å²) in [5.74, 6) is -0.713. The zero-order valence-electron chi connectivity index (χ0n) is 16.4. The van der Waals surface area contributed by atoms with Crippen LogP contribution in [0.15, 0.2) is 35.4 Å². The number of nitrogens with two attached hydrogens (primary N) is 1. The van der Waals surface area contributed by atoms with Gasteiger partial charge in [-0.15, -0.1) is 11.8 Å². The Kier molecular flexibility index (Phi) is 5.46. The highest BCUT2D eigenvalue weighted by atomic mass is 32.2. The summed E-state index contributed by atoms with van der Waals surface area (Å²) < 4.78 is 24.3. The Bertz CT molecular complexity index is 934. The van der Waals surface area contributed by atoms with Gasteiger partial charge in [0, 0.05) is 0 Å². The van der Waals surface area contributed by atoms with Crippen molar-refractivity contribution < 1.29 is 18.9 Å². The van der Waals surface area contributed by atoms with Gasteiger partial charge >= 0.3 is 0 Å². The minimum atomic E-state index is -0.790. The standard InChI is InChI=1S/C20H22N4O4S/c1-20(2)27-16-15(25-10-11-7-5-4-6-8-11)14(26-18(16)28-20)13-12(9-21)17(29-3)24-19(22)23-13/h4-8,14-16,18H,10H2,1-3H3,(H2,22,23,24)/t14-,15+,16-,18-/m1/s1. The molecule has 8 nitrogen and oxygen atoms in total. The Morgan fingerprint density at radius 1 is 1.24 bits per heavy atom. The van der Waals surface area contributed by atoms with E-state index in [1.165, 1.54) is 11.8 Å². The highest BCUT2D eigenvalue weighted by Crippen LogP contribution is 2.45. The fourth-order valence-corrected chi connectivity index (χ4v) is 4.12. The maximum absolute atomic E-state index is 9.72. The van der Waals surface area contributed by atoms with Crippen LogP contribution in [-0.4, -0.2) is 40.5 Å². The first-order valence-electron chi connectivity index (χ1n) is 9.20. The minimum absolute atomic E-state index is 0.0768. The molecule has 0 unspecified atom stereocenters. The van der Waals surface area contributed by atoms with Crippen LogP contribution in [0, 0.1) is 11.3 Å². The van der Waals surface area contributed by atoms with Crippen LogP contribution in [0.4, 0.5) is 5.95 Å². The second kappa shape index (κ2) is 7.89. The Hall–Kier alpha value is -2.22. The third kappa shape index (κ3) is 3.95. The molecule has 29 heavy (non-hydrogen) atoms. The van der Waals surface area contributed by atoms with Crippen molar-refractivity contribution in [3.05, 3.63) is 47.2 Å². The summed E-state index contributed by atoms with van der Waals surface area (Å²) in [5, 5.41) is 10.2. The molecule has 4 rings (SSSR count). The molecule has 0 spiro atoms. The monoisotopic (exact) mass is 414 g/mol. The van der Waals surface area contributed by atoms with Crippen LogP contribution in [0.25, 0.3) is 0 Å². The van der Waals surface area contributed by atoms with Crippen LogP contribution in [-0.2, 0) is 25.6 Å². The van der Waals surface area contributed by atoms with E-state index in [0.717, 1.165) is 5.56 Å². The van der Waals surface area contributed by atoms with Crippen molar-refractivity contribution in [3.8, 4) is 6.07 Å². The smallest absolute Gasteiger partial charge is 0.221 e. The molecule has 4 atom stereocenters. The largest absolute Gasteiger partial charge is 0.368 e. The lowest BCUT2D eigenvalue weighted by atomic mass is 10.0. The van der Waals surface area contributed by atoms with E-state index in [4.69, 9.17) is 24.7 Å². The average Bonchev–Trinajstić information content (AvgIpc) is 3.18. The molecule has 9 heteroatoms. The number of nitrogens with zero attached hydrogens (tertiary/aromatic N) is 3. The van der Waals surface area contributed by atoms with Gasteiger partial charge in [0.25, 0.3) is 0 Å². The lowest BCUT2D eigenvalue weighted by molar-refractivity contribution is -0.220. The number of nitriles is 1. The van der Waals surface area contributed by atoms with Crippen LogP contribution < -0.4 is 5.73 Å². The SMILES string of the molecule is CSc1nc(N)nc([C@H]2O[C@@H]3OC(C)(C)O[C@@H]3[C@H]2OCc2ccccc2)c1C#N. The van der Waals surface area contributed by atoms with Gasteiger partial charge in [-0.2, -0.15) is 5.26 Å². The topological polar surface area (TPSA) is 113 Å². The maximum atomic E-state index is 9.72. The van der Waals surface area contributed by atoms with Crippen molar-refractivity contribution in [1.82, 2.24) is 9.97 Å². The number of hydrogen-bond acceptors (Lipinski definition) is 9. The zero-order valence-corrected chi connectivity index (χ0v) is 17.2. The van der Waals surface area contributed by atoms with Gasteiger partial charge in [-0.1, -0.05) is 30.3 Å². The molecule has 0 bridgehead atoms. The normalized spacial score (nSPS) is 27.5. The highest BCUT2D eigenvalue weighted by molar-refractivity contribution is 7.98. The van der Waals surface area contributed by atoms with Crippen LogP contribution in [0.2, 0.25) is 0 Å². The number of thioether (sulfide) groups is 1. The van der Waals surface area contributed by atoms with Crippen LogP contribution in [0.1, 0.15) is 36.8 Å². The fourth-order valence-electron chi connectivity index (χ4n) is 3.58. The van der Waals surface area contributed by atoms with Crippen LogP contribution in [0.3, 0.4) is 0 Å². The van der Waals surface area contributed by atoms with Crippen molar-refractivity contribution in [2.75, 3.05) is 12.0 Å². The Morgan fingerprint density at radius 3 is 2.69 bits per heavy atom. The molecule has 2 saturated heterocycles. The van der Waals surface area contributed by atoms with Crippen molar-refractivity contribution >= 4 is 17.7 Å². The van der Waals surface area contributed by atoms with Gasteiger partial charge < -0.3 is 24.7 Å². The number of hydrogen-bond donors (Lipinski definition) is 1. The van der Waals surface area contributed by atoms with Gasteiger partial charge in [-0.3, -0.25) is 0 Å². The molecule has 0 aliphatic carbocycles. The third-order valence-corrected chi connectivity index (χ3v) is 5.45. The summed E-state index contributed by atoms with van der Waals surface area (Å²) in [6.07, 6.45) is -0.460. The van der Waals surface area contributed by atoms with Gasteiger partial charge in [-0.25, -0.2) is 9.97 Å². The van der Waals surface area contributed by atoms with E-state index >= 15 is 0 Å². The molecule has 2 N–H and O–H groups in total. The van der Waals surface area contributed by atoms with Gasteiger partial charge in [0.2, 0.25) is 5.95 Å². The Balaban J connectivity index is 1.68. The molecule has 1 aromatic carbocycles. The summed E-state index contributed by atoms with van der Waals surface area (Å²) in [4.78, 5) is 8.47. The summed E-state index contributed by atoms with van der Waals surface area (Å²) in [6, 6.07) is 12.0. The Morgan fingerprint density at radius 2 is 2.00 bits per heavy atom. The van der Waals surface area contributed by atoms with E-state index in [1.807, 2.05) is 50.4 Å². The molecular weight excluding hydrogens is 392 g/mol. The molecule has 2 aromatic rings. The van der Waals surface area contributed by atoms with Crippen LogP contribution >= 0.6 is 11.8 Å². The molecule has 3 heterocycles. The second-order valence-electron chi connectivity index (χ2n) is 7.25. The summed E-state index contributed by atoms with van der Waals surface area (Å²) >= 11 is 1.33. The molecule has 1 aromatic heterocycles. The van der Waals surface area contributed by atoms with Gasteiger partial charge in [0.1, 0.15) is 35.0 Å². The molecular formula is C20H22N4O4S. The molecule has 152 valence electrons. The van der Waals surface area contributed by atoms with E-state index in [1.54, 1.807) is 0 Å². The van der Waals surface area contributed by atoms with Crippen molar-refractivity contribution in [2.24, 2.45) is 0 Å². The number of rotatable bonds is 5. The van der Waals surface area contributed by atoms with Crippen molar-refractivity contribution in [2.45, 2.75) is 55.9 Å². The maximum Gasteiger partial charge on any atom is 0.221 e.